The van der Waals surface area contributed by atoms with Crippen LogP contribution in [0.3, 0.4) is 0 Å². The van der Waals surface area contributed by atoms with Gasteiger partial charge in [-0.15, -0.1) is 0 Å². The van der Waals surface area contributed by atoms with Crippen molar-refractivity contribution in [1.29, 1.82) is 0 Å². The second-order valence-electron chi connectivity index (χ2n) is 4.75. The molecule has 1 heterocycles. The molecule has 0 N–H and O–H groups in total. The van der Waals surface area contributed by atoms with Crippen LogP contribution in [0.25, 0.3) is 0 Å². The number of ether oxygens (including phenoxy) is 2. The molecule has 1 fully saturated rings. The Labute approximate surface area is 118 Å². The lowest BCUT2D eigenvalue weighted by Crippen LogP contribution is -2.38. The molecule has 0 saturated carbocycles. The summed E-state index contributed by atoms with van der Waals surface area (Å²) in [4.78, 5) is 25.2. The van der Waals surface area contributed by atoms with Crippen LogP contribution >= 0.6 is 0 Å². The summed E-state index contributed by atoms with van der Waals surface area (Å²) in [6.07, 6.45) is 3.30. The molecule has 0 aliphatic carbocycles. The smallest absolute Gasteiger partial charge is 0.337 e. The summed E-state index contributed by atoms with van der Waals surface area (Å²) in [5.74, 6) is 0.0734. The second kappa shape index (κ2) is 6.93. The molecule has 0 atom stereocenters. The highest BCUT2D eigenvalue weighted by atomic mass is 16.5. The van der Waals surface area contributed by atoms with Crippen molar-refractivity contribution in [2.45, 2.75) is 19.3 Å². The van der Waals surface area contributed by atoms with E-state index in [-0.39, 0.29) is 12.5 Å². The van der Waals surface area contributed by atoms with Gasteiger partial charge >= 0.3 is 5.97 Å². The molecule has 0 spiro atoms. The van der Waals surface area contributed by atoms with Gasteiger partial charge in [0.1, 0.15) is 5.75 Å². The van der Waals surface area contributed by atoms with Crippen LogP contribution in [0.4, 0.5) is 0 Å². The first-order valence-corrected chi connectivity index (χ1v) is 6.79. The molecule has 2 rings (SSSR count). The first kappa shape index (κ1) is 14.4. The summed E-state index contributed by atoms with van der Waals surface area (Å²) in [5.41, 5.74) is 0.412. The van der Waals surface area contributed by atoms with Gasteiger partial charge in [0.05, 0.1) is 12.7 Å². The van der Waals surface area contributed by atoms with Crippen LogP contribution in [-0.4, -0.2) is 43.6 Å². The Morgan fingerprint density at radius 2 is 1.95 bits per heavy atom. The number of amides is 1. The van der Waals surface area contributed by atoms with Crippen LogP contribution in [0.2, 0.25) is 0 Å². The predicted octanol–water partition coefficient (Wildman–Crippen LogP) is 1.86. The van der Waals surface area contributed by atoms with Gasteiger partial charge in [-0.3, -0.25) is 4.79 Å². The number of nitrogens with zero attached hydrogens (tertiary/aromatic N) is 1. The molecule has 1 aliphatic heterocycles. The fourth-order valence-electron chi connectivity index (χ4n) is 2.21. The molecular weight excluding hydrogens is 258 g/mol. The molecule has 5 heteroatoms. The van der Waals surface area contributed by atoms with Crippen LogP contribution in [-0.2, 0) is 9.53 Å². The van der Waals surface area contributed by atoms with Gasteiger partial charge in [0.25, 0.3) is 5.91 Å². The Bertz CT molecular complexity index is 481. The highest BCUT2D eigenvalue weighted by molar-refractivity contribution is 5.89. The lowest BCUT2D eigenvalue weighted by Gasteiger charge is -2.26. The molecule has 0 aromatic heterocycles. The van der Waals surface area contributed by atoms with Crippen molar-refractivity contribution < 1.29 is 19.1 Å². The van der Waals surface area contributed by atoms with E-state index < -0.39 is 5.97 Å². The molecular formula is C15H19NO4. The van der Waals surface area contributed by atoms with Crippen LogP contribution in [0, 0.1) is 0 Å². The van der Waals surface area contributed by atoms with E-state index in [4.69, 9.17) is 4.74 Å². The quantitative estimate of drug-likeness (QED) is 0.788. The Balaban J connectivity index is 1.90. The van der Waals surface area contributed by atoms with Gasteiger partial charge in [0.15, 0.2) is 6.61 Å². The van der Waals surface area contributed by atoms with Crippen molar-refractivity contribution in [1.82, 2.24) is 4.90 Å². The SMILES string of the molecule is COC(=O)c1cccc(OCC(=O)N2CCCCC2)c1. The maximum atomic E-state index is 12.0. The normalized spacial score (nSPS) is 14.8. The second-order valence-corrected chi connectivity index (χ2v) is 4.75. The van der Waals surface area contributed by atoms with E-state index in [0.717, 1.165) is 25.9 Å². The Morgan fingerprint density at radius 3 is 2.65 bits per heavy atom. The lowest BCUT2D eigenvalue weighted by atomic mass is 10.1. The third-order valence-electron chi connectivity index (χ3n) is 3.33. The van der Waals surface area contributed by atoms with E-state index in [0.29, 0.717) is 11.3 Å². The van der Waals surface area contributed by atoms with Crippen molar-refractivity contribution in [2.75, 3.05) is 26.8 Å². The van der Waals surface area contributed by atoms with E-state index in [9.17, 15) is 9.59 Å². The highest BCUT2D eigenvalue weighted by Crippen LogP contribution is 2.15. The number of benzene rings is 1. The van der Waals surface area contributed by atoms with Crippen molar-refractivity contribution in [3.8, 4) is 5.75 Å². The third kappa shape index (κ3) is 3.73. The van der Waals surface area contributed by atoms with E-state index in [1.54, 1.807) is 24.3 Å². The maximum absolute atomic E-state index is 12.0. The summed E-state index contributed by atoms with van der Waals surface area (Å²) in [7, 11) is 1.33. The summed E-state index contributed by atoms with van der Waals surface area (Å²) in [6, 6.07) is 6.64. The van der Waals surface area contributed by atoms with Crippen molar-refractivity contribution in [2.24, 2.45) is 0 Å². The number of carbonyl (C=O) groups is 2. The molecule has 0 radical (unpaired) electrons. The van der Waals surface area contributed by atoms with E-state index in [2.05, 4.69) is 4.74 Å². The van der Waals surface area contributed by atoms with Gasteiger partial charge in [-0.25, -0.2) is 4.79 Å². The first-order chi connectivity index (χ1) is 9.70. The third-order valence-corrected chi connectivity index (χ3v) is 3.33. The van der Waals surface area contributed by atoms with Gasteiger partial charge in [-0.2, -0.15) is 0 Å². The molecule has 1 amide bonds. The zero-order valence-electron chi connectivity index (χ0n) is 11.6. The Morgan fingerprint density at radius 1 is 1.20 bits per heavy atom. The van der Waals surface area contributed by atoms with E-state index >= 15 is 0 Å². The largest absolute Gasteiger partial charge is 0.484 e. The van der Waals surface area contributed by atoms with E-state index in [1.807, 2.05) is 4.90 Å². The molecule has 1 aromatic carbocycles. The van der Waals surface area contributed by atoms with Gasteiger partial charge in [-0.05, 0) is 37.5 Å². The average molecular weight is 277 g/mol. The van der Waals surface area contributed by atoms with Crippen LogP contribution < -0.4 is 4.74 Å². The number of carbonyl (C=O) groups excluding carboxylic acids is 2. The predicted molar refractivity (Wildman–Crippen MR) is 73.7 cm³/mol. The number of rotatable bonds is 4. The number of piperidine rings is 1. The minimum Gasteiger partial charge on any atom is -0.484 e. The van der Waals surface area contributed by atoms with Crippen LogP contribution in [0.5, 0.6) is 5.75 Å². The van der Waals surface area contributed by atoms with Gasteiger partial charge in [-0.1, -0.05) is 6.07 Å². The number of hydrogen-bond acceptors (Lipinski definition) is 4. The molecule has 20 heavy (non-hydrogen) atoms. The summed E-state index contributed by atoms with van der Waals surface area (Å²) in [5, 5.41) is 0. The minimum atomic E-state index is -0.419. The number of esters is 1. The summed E-state index contributed by atoms with van der Waals surface area (Å²) >= 11 is 0. The zero-order chi connectivity index (χ0) is 14.4. The Hall–Kier alpha value is -2.04. The van der Waals surface area contributed by atoms with Crippen molar-refractivity contribution in [3.05, 3.63) is 29.8 Å². The molecule has 1 aliphatic rings. The molecule has 0 unspecified atom stereocenters. The van der Waals surface area contributed by atoms with Crippen molar-refractivity contribution >= 4 is 11.9 Å². The van der Waals surface area contributed by atoms with Crippen LogP contribution in [0.1, 0.15) is 29.6 Å². The first-order valence-electron chi connectivity index (χ1n) is 6.79. The number of hydrogen-bond donors (Lipinski definition) is 0. The minimum absolute atomic E-state index is 0.00459. The maximum Gasteiger partial charge on any atom is 0.337 e. The van der Waals surface area contributed by atoms with Crippen LogP contribution in [0.15, 0.2) is 24.3 Å². The van der Waals surface area contributed by atoms with Gasteiger partial charge in [0, 0.05) is 13.1 Å². The van der Waals surface area contributed by atoms with E-state index in [1.165, 1.54) is 13.5 Å². The fourth-order valence-corrected chi connectivity index (χ4v) is 2.21. The standard InChI is InChI=1S/C15H19NO4/c1-19-15(18)12-6-5-7-13(10-12)20-11-14(17)16-8-3-2-4-9-16/h5-7,10H,2-4,8-9,11H2,1H3. The highest BCUT2D eigenvalue weighted by Gasteiger charge is 2.17. The molecule has 108 valence electrons. The number of methoxy groups -OCH3 is 1. The number of likely N-dealkylation sites (tertiary alicyclic amines) is 1. The molecule has 5 nitrogen and oxygen atoms in total. The van der Waals surface area contributed by atoms with Crippen molar-refractivity contribution in [3.63, 3.8) is 0 Å². The molecule has 1 aromatic rings. The molecule has 0 bridgehead atoms. The molecule has 1 saturated heterocycles. The topological polar surface area (TPSA) is 55.8 Å². The monoisotopic (exact) mass is 277 g/mol. The zero-order valence-corrected chi connectivity index (χ0v) is 11.6. The Kier molecular flexibility index (Phi) is 4.98. The lowest BCUT2D eigenvalue weighted by molar-refractivity contribution is -0.134. The summed E-state index contributed by atoms with van der Waals surface area (Å²) < 4.78 is 10.1. The van der Waals surface area contributed by atoms with Gasteiger partial charge in [0.2, 0.25) is 0 Å². The fraction of sp³-hybridized carbons (Fsp3) is 0.467. The van der Waals surface area contributed by atoms with Gasteiger partial charge < -0.3 is 14.4 Å². The average Bonchev–Trinajstić information content (AvgIpc) is 2.53. The summed E-state index contributed by atoms with van der Waals surface area (Å²) in [6.45, 7) is 1.62.